The van der Waals surface area contributed by atoms with Gasteiger partial charge in [-0.05, 0) is 37.3 Å². The van der Waals surface area contributed by atoms with Gasteiger partial charge in [0.1, 0.15) is 11.6 Å². The highest BCUT2D eigenvalue weighted by Gasteiger charge is 2.14. The van der Waals surface area contributed by atoms with Gasteiger partial charge in [-0.25, -0.2) is 9.78 Å². The summed E-state index contributed by atoms with van der Waals surface area (Å²) in [4.78, 5) is 29.3. The molecule has 7 nitrogen and oxygen atoms in total. The summed E-state index contributed by atoms with van der Waals surface area (Å²) in [6.07, 6.45) is 1.53. The van der Waals surface area contributed by atoms with Crippen LogP contribution >= 0.6 is 15.9 Å². The standard InChI is InChI=1S/C22H22BrN3O4/c1-4-29-20(27)13-30-19-8-6-5-7-15(19)12-24-26-21(14(2)3)25-18-10-9-16(23)11-17(18)22(26)28/h5-12,14H,4,13H2,1-3H3. The molecule has 0 spiro atoms. The molecule has 1 aromatic heterocycles. The summed E-state index contributed by atoms with van der Waals surface area (Å²) < 4.78 is 12.5. The van der Waals surface area contributed by atoms with Gasteiger partial charge in [0.15, 0.2) is 6.61 Å². The molecule has 3 rings (SSSR count). The van der Waals surface area contributed by atoms with E-state index in [0.717, 1.165) is 4.47 Å². The van der Waals surface area contributed by atoms with Crippen LogP contribution in [0.2, 0.25) is 0 Å². The molecule has 8 heteroatoms. The molecule has 2 aromatic carbocycles. The molecule has 0 saturated heterocycles. The Hall–Kier alpha value is -3.00. The van der Waals surface area contributed by atoms with E-state index in [1.807, 2.05) is 26.0 Å². The molecule has 30 heavy (non-hydrogen) atoms. The molecule has 0 bridgehead atoms. The van der Waals surface area contributed by atoms with Crippen molar-refractivity contribution in [1.82, 2.24) is 9.66 Å². The zero-order chi connectivity index (χ0) is 21.7. The van der Waals surface area contributed by atoms with Gasteiger partial charge in [0, 0.05) is 16.0 Å². The van der Waals surface area contributed by atoms with Gasteiger partial charge in [-0.15, -0.1) is 0 Å². The smallest absolute Gasteiger partial charge is 0.344 e. The maximum atomic E-state index is 13.1. The van der Waals surface area contributed by atoms with Crippen LogP contribution in [-0.2, 0) is 9.53 Å². The first-order chi connectivity index (χ1) is 14.4. The highest BCUT2D eigenvalue weighted by molar-refractivity contribution is 9.10. The molecular formula is C22H22BrN3O4. The van der Waals surface area contributed by atoms with Crippen LogP contribution in [0.5, 0.6) is 5.75 Å². The van der Waals surface area contributed by atoms with Gasteiger partial charge in [-0.1, -0.05) is 41.9 Å². The molecule has 0 saturated carbocycles. The lowest BCUT2D eigenvalue weighted by molar-refractivity contribution is -0.145. The minimum absolute atomic E-state index is 0.0156. The summed E-state index contributed by atoms with van der Waals surface area (Å²) in [6, 6.07) is 12.5. The van der Waals surface area contributed by atoms with Crippen molar-refractivity contribution in [1.29, 1.82) is 0 Å². The second-order valence-electron chi connectivity index (χ2n) is 6.78. The van der Waals surface area contributed by atoms with Crippen molar-refractivity contribution in [3.63, 3.8) is 0 Å². The van der Waals surface area contributed by atoms with Gasteiger partial charge >= 0.3 is 5.97 Å². The van der Waals surface area contributed by atoms with Crippen molar-refractivity contribution in [3.8, 4) is 5.75 Å². The number of ether oxygens (including phenoxy) is 2. The quantitative estimate of drug-likeness (QED) is 0.382. The van der Waals surface area contributed by atoms with E-state index in [1.54, 1.807) is 37.3 Å². The Morgan fingerprint density at radius 3 is 2.77 bits per heavy atom. The van der Waals surface area contributed by atoms with E-state index in [0.29, 0.717) is 28.0 Å². The van der Waals surface area contributed by atoms with Gasteiger partial charge in [-0.2, -0.15) is 9.78 Å². The number of halogens is 1. The van der Waals surface area contributed by atoms with Gasteiger partial charge in [0.05, 0.1) is 23.7 Å². The third-order valence-corrected chi connectivity index (χ3v) is 4.73. The zero-order valence-corrected chi connectivity index (χ0v) is 18.5. The molecule has 0 aliphatic carbocycles. The number of hydrogen-bond acceptors (Lipinski definition) is 6. The summed E-state index contributed by atoms with van der Waals surface area (Å²) >= 11 is 3.40. The Morgan fingerprint density at radius 2 is 2.03 bits per heavy atom. The van der Waals surface area contributed by atoms with Crippen molar-refractivity contribution < 1.29 is 14.3 Å². The number of benzene rings is 2. The van der Waals surface area contributed by atoms with Crippen LogP contribution in [0.4, 0.5) is 0 Å². The molecule has 0 aliphatic rings. The lowest BCUT2D eigenvalue weighted by Gasteiger charge is -2.12. The van der Waals surface area contributed by atoms with E-state index in [4.69, 9.17) is 9.47 Å². The molecule has 0 unspecified atom stereocenters. The third-order valence-electron chi connectivity index (χ3n) is 4.23. The normalized spacial score (nSPS) is 11.4. The number of carbonyl (C=O) groups excluding carboxylic acids is 1. The number of hydrogen-bond donors (Lipinski definition) is 0. The van der Waals surface area contributed by atoms with E-state index in [9.17, 15) is 9.59 Å². The van der Waals surface area contributed by atoms with Crippen LogP contribution in [0, 0.1) is 0 Å². The number of carbonyl (C=O) groups is 1. The number of rotatable bonds is 7. The molecular weight excluding hydrogens is 450 g/mol. The average Bonchev–Trinajstić information content (AvgIpc) is 2.72. The largest absolute Gasteiger partial charge is 0.481 e. The fraction of sp³-hybridized carbons (Fsp3) is 0.273. The van der Waals surface area contributed by atoms with Gasteiger partial charge in [0.2, 0.25) is 0 Å². The van der Waals surface area contributed by atoms with Crippen LogP contribution < -0.4 is 10.3 Å². The van der Waals surface area contributed by atoms with E-state index < -0.39 is 5.97 Å². The average molecular weight is 472 g/mol. The molecule has 156 valence electrons. The molecule has 0 amide bonds. The van der Waals surface area contributed by atoms with Gasteiger partial charge < -0.3 is 9.47 Å². The summed E-state index contributed by atoms with van der Waals surface area (Å²) in [5.74, 6) is 0.547. The van der Waals surface area contributed by atoms with Crippen LogP contribution in [0.3, 0.4) is 0 Å². The minimum Gasteiger partial charge on any atom is -0.481 e. The highest BCUT2D eigenvalue weighted by Crippen LogP contribution is 2.20. The molecule has 3 aromatic rings. The molecule has 0 N–H and O–H groups in total. The van der Waals surface area contributed by atoms with Crippen molar-refractivity contribution in [2.75, 3.05) is 13.2 Å². The Morgan fingerprint density at radius 1 is 1.27 bits per heavy atom. The summed E-state index contributed by atoms with van der Waals surface area (Å²) in [6.45, 7) is 5.72. The Labute approximate surface area is 182 Å². The SMILES string of the molecule is CCOC(=O)COc1ccccc1C=Nn1c(C(C)C)nc2ccc(Br)cc2c1=O. The second kappa shape index (κ2) is 9.67. The Bertz CT molecular complexity index is 1150. The van der Waals surface area contributed by atoms with E-state index in [1.165, 1.54) is 10.9 Å². The fourth-order valence-electron chi connectivity index (χ4n) is 2.83. The zero-order valence-electron chi connectivity index (χ0n) is 17.0. The fourth-order valence-corrected chi connectivity index (χ4v) is 3.19. The molecule has 0 aliphatic heterocycles. The highest BCUT2D eigenvalue weighted by atomic mass is 79.9. The monoisotopic (exact) mass is 471 g/mol. The topological polar surface area (TPSA) is 82.8 Å². The molecule has 0 atom stereocenters. The number of para-hydroxylation sites is 1. The summed E-state index contributed by atoms with van der Waals surface area (Å²) in [7, 11) is 0. The summed E-state index contributed by atoms with van der Waals surface area (Å²) in [5.41, 5.74) is 0.987. The predicted octanol–water partition coefficient (Wildman–Crippen LogP) is 4.11. The van der Waals surface area contributed by atoms with Crippen LogP contribution in [-0.4, -0.2) is 35.1 Å². The number of nitrogens with zero attached hydrogens (tertiary/aromatic N) is 3. The van der Waals surface area contributed by atoms with Crippen LogP contribution in [0.1, 0.15) is 38.1 Å². The summed E-state index contributed by atoms with van der Waals surface area (Å²) in [5, 5.41) is 4.88. The van der Waals surface area contributed by atoms with Gasteiger partial charge in [-0.3, -0.25) is 4.79 Å². The first-order valence-corrected chi connectivity index (χ1v) is 10.3. The van der Waals surface area contributed by atoms with Crippen molar-refractivity contribution in [2.45, 2.75) is 26.7 Å². The number of fused-ring (bicyclic) bond motifs is 1. The lowest BCUT2D eigenvalue weighted by Crippen LogP contribution is -2.23. The Kier molecular flexibility index (Phi) is 6.99. The van der Waals surface area contributed by atoms with Crippen LogP contribution in [0.15, 0.2) is 56.8 Å². The third kappa shape index (κ3) is 4.94. The van der Waals surface area contributed by atoms with Crippen LogP contribution in [0.25, 0.3) is 10.9 Å². The van der Waals surface area contributed by atoms with Crippen molar-refractivity contribution in [2.24, 2.45) is 5.10 Å². The van der Waals surface area contributed by atoms with E-state index in [2.05, 4.69) is 26.0 Å². The first-order valence-electron chi connectivity index (χ1n) is 9.54. The molecule has 0 fully saturated rings. The molecule has 1 heterocycles. The first kappa shape index (κ1) is 21.7. The molecule has 0 radical (unpaired) electrons. The second-order valence-corrected chi connectivity index (χ2v) is 7.69. The minimum atomic E-state index is -0.452. The maximum absolute atomic E-state index is 13.1. The van der Waals surface area contributed by atoms with Gasteiger partial charge in [0.25, 0.3) is 5.56 Å². The lowest BCUT2D eigenvalue weighted by atomic mass is 10.2. The van der Waals surface area contributed by atoms with E-state index >= 15 is 0 Å². The predicted molar refractivity (Wildman–Crippen MR) is 119 cm³/mol. The maximum Gasteiger partial charge on any atom is 0.344 e. The number of esters is 1. The Balaban J connectivity index is 2.00. The van der Waals surface area contributed by atoms with Crippen molar-refractivity contribution >= 4 is 39.0 Å². The number of aromatic nitrogens is 2. The van der Waals surface area contributed by atoms with Crippen molar-refractivity contribution in [3.05, 3.63) is 68.7 Å². The van der Waals surface area contributed by atoms with E-state index in [-0.39, 0.29) is 24.7 Å².